The lowest BCUT2D eigenvalue weighted by atomic mass is 9.85. The summed E-state index contributed by atoms with van der Waals surface area (Å²) in [6, 6.07) is 0. The maximum Gasteiger partial charge on any atom is 0.0445 e. The van der Waals surface area contributed by atoms with Crippen LogP contribution >= 0.6 is 0 Å². The number of carboxylic acids is 3. The van der Waals surface area contributed by atoms with Crippen LogP contribution in [-0.4, -0.2) is 17.9 Å². The van der Waals surface area contributed by atoms with Gasteiger partial charge >= 0.3 is 0 Å². The third-order valence-electron chi connectivity index (χ3n) is 3.12. The Morgan fingerprint density at radius 2 is 1.00 bits per heavy atom. The second-order valence-electron chi connectivity index (χ2n) is 4.34. The summed E-state index contributed by atoms with van der Waals surface area (Å²) in [6.07, 6.45) is 0.109. The predicted molar refractivity (Wildman–Crippen MR) is 55.3 cm³/mol. The van der Waals surface area contributed by atoms with Crippen LogP contribution in [0.2, 0.25) is 0 Å². The van der Waals surface area contributed by atoms with Crippen molar-refractivity contribution in [2.75, 3.05) is 0 Å². The lowest BCUT2D eigenvalue weighted by molar-refractivity contribution is -0.318. The topological polar surface area (TPSA) is 120 Å². The molecule has 0 aromatic heterocycles. The van der Waals surface area contributed by atoms with Crippen molar-refractivity contribution in [1.29, 1.82) is 0 Å². The molecule has 0 aliphatic heterocycles. The Morgan fingerprint density at radius 3 is 1.17 bits per heavy atom. The van der Waals surface area contributed by atoms with Crippen LogP contribution in [0.4, 0.5) is 0 Å². The molecule has 0 aliphatic carbocycles. The molecular formula is C12H17O6-3. The molecule has 0 heterocycles. The van der Waals surface area contributed by atoms with E-state index in [2.05, 4.69) is 0 Å². The summed E-state index contributed by atoms with van der Waals surface area (Å²) >= 11 is 0. The molecule has 0 spiro atoms. The smallest absolute Gasteiger partial charge is 0.0445 e. The summed E-state index contributed by atoms with van der Waals surface area (Å²) in [6.45, 7) is 3.20. The van der Waals surface area contributed by atoms with E-state index in [-0.39, 0.29) is 25.7 Å². The molecule has 0 aromatic rings. The summed E-state index contributed by atoms with van der Waals surface area (Å²) in [7, 11) is 0. The first-order valence-electron chi connectivity index (χ1n) is 5.95. The van der Waals surface area contributed by atoms with E-state index in [9.17, 15) is 29.7 Å². The van der Waals surface area contributed by atoms with Crippen molar-refractivity contribution >= 4 is 17.9 Å². The Balaban J connectivity index is 4.71. The number of carbonyl (C=O) groups is 3. The summed E-state index contributed by atoms with van der Waals surface area (Å²) < 4.78 is 0. The van der Waals surface area contributed by atoms with Gasteiger partial charge in [-0.15, -0.1) is 0 Å². The Labute approximate surface area is 106 Å². The van der Waals surface area contributed by atoms with Crippen molar-refractivity contribution in [3.05, 3.63) is 0 Å². The first-order valence-corrected chi connectivity index (χ1v) is 5.95. The van der Waals surface area contributed by atoms with Crippen LogP contribution in [0.25, 0.3) is 0 Å². The second-order valence-corrected chi connectivity index (χ2v) is 4.34. The summed E-state index contributed by atoms with van der Waals surface area (Å²) in [5.41, 5.74) is 0. The van der Waals surface area contributed by atoms with Crippen LogP contribution in [0.5, 0.6) is 0 Å². The first kappa shape index (κ1) is 16.4. The van der Waals surface area contributed by atoms with E-state index in [1.54, 1.807) is 13.8 Å². The second kappa shape index (κ2) is 7.68. The van der Waals surface area contributed by atoms with Crippen LogP contribution in [-0.2, 0) is 14.4 Å². The van der Waals surface area contributed by atoms with E-state index >= 15 is 0 Å². The van der Waals surface area contributed by atoms with Gasteiger partial charge in [-0.2, -0.15) is 0 Å². The molecule has 6 nitrogen and oxygen atoms in total. The number of rotatable bonds is 9. The maximum absolute atomic E-state index is 10.9. The largest absolute Gasteiger partial charge is 0.550 e. The number of aliphatic carboxylic acids is 3. The van der Waals surface area contributed by atoms with Gasteiger partial charge in [-0.3, -0.25) is 0 Å². The fourth-order valence-electron chi connectivity index (χ4n) is 1.83. The molecule has 0 radical (unpaired) electrons. The van der Waals surface area contributed by atoms with Gasteiger partial charge in [0.05, 0.1) is 0 Å². The third-order valence-corrected chi connectivity index (χ3v) is 3.12. The maximum atomic E-state index is 10.9. The van der Waals surface area contributed by atoms with Crippen molar-refractivity contribution in [3.8, 4) is 0 Å². The lowest BCUT2D eigenvalue weighted by Gasteiger charge is -2.27. The highest BCUT2D eigenvalue weighted by molar-refractivity contribution is 5.73. The van der Waals surface area contributed by atoms with Crippen LogP contribution < -0.4 is 15.3 Å². The van der Waals surface area contributed by atoms with E-state index in [4.69, 9.17) is 0 Å². The highest BCUT2D eigenvalue weighted by Crippen LogP contribution is 2.23. The Morgan fingerprint density at radius 1 is 0.722 bits per heavy atom. The summed E-state index contributed by atoms with van der Waals surface area (Å²) in [5, 5.41) is 32.4. The summed E-state index contributed by atoms with van der Waals surface area (Å²) in [4.78, 5) is 32.4. The highest BCUT2D eigenvalue weighted by atomic mass is 16.4. The molecule has 0 aliphatic rings. The molecule has 0 aromatic carbocycles. The van der Waals surface area contributed by atoms with Crippen molar-refractivity contribution in [2.24, 2.45) is 17.8 Å². The Kier molecular flexibility index (Phi) is 7.00. The average molecular weight is 257 g/mol. The Bertz CT molecular complexity index is 288. The van der Waals surface area contributed by atoms with Gasteiger partial charge in [-0.25, -0.2) is 0 Å². The molecule has 0 bridgehead atoms. The standard InChI is InChI=1S/C12H20O6/c1-3-7(10(13)14)5-9(12(17)18)6-8(4-2)11(15)16/h7-9H,3-6H2,1-2H3,(H,13,14)(H,15,16)(H,17,18)/p-3. The lowest BCUT2D eigenvalue weighted by Crippen LogP contribution is -2.40. The van der Waals surface area contributed by atoms with Crippen molar-refractivity contribution in [3.63, 3.8) is 0 Å². The fraction of sp³-hybridized carbons (Fsp3) is 0.750. The van der Waals surface area contributed by atoms with E-state index in [1.807, 2.05) is 0 Å². The molecule has 2 atom stereocenters. The molecule has 0 amide bonds. The number of hydrogen-bond acceptors (Lipinski definition) is 6. The first-order chi connectivity index (χ1) is 8.33. The number of carboxylic acid groups (broad SMARTS) is 3. The van der Waals surface area contributed by atoms with Gasteiger partial charge < -0.3 is 29.7 Å². The predicted octanol–water partition coefficient (Wildman–Crippen LogP) is -2.32. The van der Waals surface area contributed by atoms with Crippen molar-refractivity contribution in [2.45, 2.75) is 39.5 Å². The quantitative estimate of drug-likeness (QED) is 0.457. The zero-order valence-electron chi connectivity index (χ0n) is 10.5. The fourth-order valence-corrected chi connectivity index (χ4v) is 1.83. The van der Waals surface area contributed by atoms with Crippen molar-refractivity contribution in [1.82, 2.24) is 0 Å². The molecular weight excluding hydrogens is 240 g/mol. The van der Waals surface area contributed by atoms with E-state index in [0.717, 1.165) is 0 Å². The SMILES string of the molecule is CCC(CC(CC(CC)C(=O)[O-])C(=O)[O-])C(=O)[O-]. The summed E-state index contributed by atoms with van der Waals surface area (Å²) in [5.74, 6) is -7.03. The third kappa shape index (κ3) is 5.16. The molecule has 0 N–H and O–H groups in total. The monoisotopic (exact) mass is 257 g/mol. The van der Waals surface area contributed by atoms with E-state index < -0.39 is 35.7 Å². The van der Waals surface area contributed by atoms with Gasteiger partial charge in [-0.05, 0) is 43.4 Å². The van der Waals surface area contributed by atoms with E-state index in [0.29, 0.717) is 0 Å². The highest BCUT2D eigenvalue weighted by Gasteiger charge is 2.21. The van der Waals surface area contributed by atoms with Gasteiger partial charge in [0.2, 0.25) is 0 Å². The van der Waals surface area contributed by atoms with Gasteiger partial charge in [0.1, 0.15) is 0 Å². The normalized spacial score (nSPS) is 15.7. The Hall–Kier alpha value is -1.59. The number of carbonyl (C=O) groups excluding carboxylic acids is 3. The van der Waals surface area contributed by atoms with Gasteiger partial charge in [0.15, 0.2) is 0 Å². The zero-order valence-corrected chi connectivity index (χ0v) is 10.5. The molecule has 104 valence electrons. The molecule has 18 heavy (non-hydrogen) atoms. The van der Waals surface area contributed by atoms with Gasteiger partial charge in [-0.1, -0.05) is 13.8 Å². The molecule has 0 saturated carbocycles. The molecule has 6 heteroatoms. The number of hydrogen-bond donors (Lipinski definition) is 0. The van der Waals surface area contributed by atoms with Crippen molar-refractivity contribution < 1.29 is 29.7 Å². The van der Waals surface area contributed by atoms with Crippen LogP contribution in [0.15, 0.2) is 0 Å². The van der Waals surface area contributed by atoms with Gasteiger partial charge in [0, 0.05) is 17.9 Å². The molecule has 2 unspecified atom stereocenters. The minimum Gasteiger partial charge on any atom is -0.550 e. The zero-order chi connectivity index (χ0) is 14.3. The minimum atomic E-state index is -1.44. The van der Waals surface area contributed by atoms with Crippen LogP contribution in [0.3, 0.4) is 0 Å². The van der Waals surface area contributed by atoms with E-state index in [1.165, 1.54) is 0 Å². The molecule has 0 fully saturated rings. The average Bonchev–Trinajstić information content (AvgIpc) is 2.27. The molecule has 0 rings (SSSR count). The van der Waals surface area contributed by atoms with Crippen LogP contribution in [0, 0.1) is 17.8 Å². The van der Waals surface area contributed by atoms with Gasteiger partial charge in [0.25, 0.3) is 0 Å². The molecule has 0 saturated heterocycles. The van der Waals surface area contributed by atoms with Crippen LogP contribution in [0.1, 0.15) is 39.5 Å². The minimum absolute atomic E-state index is 0.176.